The molecule has 1 aliphatic heterocycles. The van der Waals surface area contributed by atoms with Crippen molar-refractivity contribution in [3.05, 3.63) is 106 Å². The fourth-order valence-corrected chi connectivity index (χ4v) is 5.32. The van der Waals surface area contributed by atoms with Crippen molar-refractivity contribution in [1.29, 1.82) is 5.26 Å². The van der Waals surface area contributed by atoms with Crippen molar-refractivity contribution in [3.8, 4) is 6.07 Å². The molecule has 0 bridgehead atoms. The number of allylic oxidation sites excluding steroid dienone is 1. The number of rotatable bonds is 4. The van der Waals surface area contributed by atoms with E-state index in [-0.39, 0.29) is 32.2 Å². The molecule has 170 valence electrons. The van der Waals surface area contributed by atoms with E-state index in [2.05, 4.69) is 0 Å². The quantitative estimate of drug-likeness (QED) is 0.326. The molecule has 0 radical (unpaired) electrons. The largest absolute Gasteiger partial charge is 0.505 e. The molecule has 7 nitrogen and oxygen atoms in total. The van der Waals surface area contributed by atoms with Gasteiger partial charge in [-0.1, -0.05) is 35.9 Å². The van der Waals surface area contributed by atoms with Gasteiger partial charge in [0.1, 0.15) is 11.5 Å². The molecule has 1 N–H and O–H groups in total. The molecule has 3 aromatic carbocycles. The van der Waals surface area contributed by atoms with Gasteiger partial charge in [0.15, 0.2) is 11.5 Å². The summed E-state index contributed by atoms with van der Waals surface area (Å²) in [5, 5.41) is 19.8. The summed E-state index contributed by atoms with van der Waals surface area (Å²) in [5.74, 6) is -3.09. The van der Waals surface area contributed by atoms with Crippen LogP contribution in [-0.4, -0.2) is 35.9 Å². The number of nitriles is 1. The van der Waals surface area contributed by atoms with Crippen LogP contribution in [0.15, 0.2) is 77.3 Å². The van der Waals surface area contributed by atoms with Gasteiger partial charge >= 0.3 is 0 Å². The number of Topliss-reactive ketones (excluding diaryl/α,β-unsaturated/α-hetero) is 2. The van der Waals surface area contributed by atoms with Crippen molar-refractivity contribution >= 4 is 38.9 Å². The molecule has 0 unspecified atom stereocenters. The first-order valence-corrected chi connectivity index (χ1v) is 11.6. The number of ketones is 2. The molecule has 10 heteroatoms. The standard InChI is InChI=1S/C24H14ClFN2O5S/c25-18-11-15(8-9-19(18)26)20(29)13-28-22(23(30)16-5-3-4-14(10-16)12-27)24(31)17-6-1-2-7-21(17)34(28,32)33/h1-11,30H,13H2. The molecule has 0 amide bonds. The molecule has 34 heavy (non-hydrogen) atoms. The molecule has 0 fully saturated rings. The highest BCUT2D eigenvalue weighted by atomic mass is 35.5. The molecule has 1 heterocycles. The Hall–Kier alpha value is -4.00. The lowest BCUT2D eigenvalue weighted by Crippen LogP contribution is -2.42. The maximum atomic E-state index is 13.5. The van der Waals surface area contributed by atoms with Gasteiger partial charge in [0, 0.05) is 16.7 Å². The predicted molar refractivity (Wildman–Crippen MR) is 121 cm³/mol. The van der Waals surface area contributed by atoms with Crippen molar-refractivity contribution in [2.45, 2.75) is 4.90 Å². The molecule has 0 atom stereocenters. The lowest BCUT2D eigenvalue weighted by atomic mass is 10.0. The van der Waals surface area contributed by atoms with Crippen molar-refractivity contribution in [3.63, 3.8) is 0 Å². The summed E-state index contributed by atoms with van der Waals surface area (Å²) >= 11 is 5.75. The van der Waals surface area contributed by atoms with E-state index < -0.39 is 45.4 Å². The van der Waals surface area contributed by atoms with Gasteiger partial charge in [0.2, 0.25) is 5.78 Å². The van der Waals surface area contributed by atoms with Crippen LogP contribution in [0.2, 0.25) is 5.02 Å². The molecule has 0 aromatic heterocycles. The summed E-state index contributed by atoms with van der Waals surface area (Å²) in [6.45, 7) is -0.859. The Morgan fingerprint density at radius 3 is 2.50 bits per heavy atom. The Morgan fingerprint density at radius 2 is 1.79 bits per heavy atom. The average molecular weight is 497 g/mol. The summed E-state index contributed by atoms with van der Waals surface area (Å²) in [4.78, 5) is 25.9. The van der Waals surface area contributed by atoms with E-state index in [1.807, 2.05) is 6.07 Å². The van der Waals surface area contributed by atoms with Gasteiger partial charge < -0.3 is 5.11 Å². The van der Waals surface area contributed by atoms with Crippen molar-refractivity contribution < 1.29 is 27.5 Å². The minimum absolute atomic E-state index is 0.0132. The molecule has 0 saturated carbocycles. The Kier molecular flexibility index (Phi) is 5.96. The zero-order valence-electron chi connectivity index (χ0n) is 17.2. The Morgan fingerprint density at radius 1 is 1.06 bits per heavy atom. The summed E-state index contributed by atoms with van der Waals surface area (Å²) < 4.78 is 40.9. The number of aliphatic hydroxyl groups is 1. The number of hydrogen-bond donors (Lipinski definition) is 1. The smallest absolute Gasteiger partial charge is 0.265 e. The fourth-order valence-electron chi connectivity index (χ4n) is 3.51. The van der Waals surface area contributed by atoms with Crippen LogP contribution < -0.4 is 0 Å². The van der Waals surface area contributed by atoms with Gasteiger partial charge in [-0.25, -0.2) is 12.8 Å². The second-order valence-corrected chi connectivity index (χ2v) is 9.52. The molecular weight excluding hydrogens is 483 g/mol. The third kappa shape index (κ3) is 3.94. The van der Waals surface area contributed by atoms with Crippen molar-refractivity contribution in [1.82, 2.24) is 4.31 Å². The molecule has 0 aliphatic carbocycles. The van der Waals surface area contributed by atoms with E-state index in [9.17, 15) is 27.5 Å². The van der Waals surface area contributed by atoms with Crippen LogP contribution in [0, 0.1) is 17.1 Å². The Labute approximate surface area is 199 Å². The van der Waals surface area contributed by atoms with E-state index in [1.54, 1.807) is 0 Å². The number of benzene rings is 3. The van der Waals surface area contributed by atoms with Crippen molar-refractivity contribution in [2.24, 2.45) is 0 Å². The molecular formula is C24H14ClFN2O5S. The maximum Gasteiger partial charge on any atom is 0.265 e. The number of carbonyl (C=O) groups is 2. The van der Waals surface area contributed by atoms with Gasteiger partial charge in [-0.15, -0.1) is 0 Å². The van der Waals surface area contributed by atoms with Crippen LogP contribution in [0.4, 0.5) is 4.39 Å². The number of carbonyl (C=O) groups excluding carboxylic acids is 2. The highest BCUT2D eigenvalue weighted by molar-refractivity contribution is 7.89. The van der Waals surface area contributed by atoms with Crippen LogP contribution in [-0.2, 0) is 10.0 Å². The van der Waals surface area contributed by atoms with E-state index in [1.165, 1.54) is 48.5 Å². The first-order valence-electron chi connectivity index (χ1n) is 9.73. The average Bonchev–Trinajstić information content (AvgIpc) is 2.84. The number of aliphatic hydroxyl groups excluding tert-OH is 1. The van der Waals surface area contributed by atoms with Gasteiger partial charge in [-0.3, -0.25) is 13.9 Å². The number of sulfonamides is 1. The van der Waals surface area contributed by atoms with Gasteiger partial charge in [0.05, 0.1) is 28.1 Å². The highest BCUT2D eigenvalue weighted by Gasteiger charge is 2.42. The summed E-state index contributed by atoms with van der Waals surface area (Å²) in [5.41, 5.74) is -0.721. The molecule has 0 saturated heterocycles. The van der Waals surface area contributed by atoms with Crippen molar-refractivity contribution in [2.75, 3.05) is 6.54 Å². The van der Waals surface area contributed by atoms with Crippen LogP contribution in [0.3, 0.4) is 0 Å². The topological polar surface area (TPSA) is 116 Å². The zero-order chi connectivity index (χ0) is 24.6. The number of nitrogens with zero attached hydrogens (tertiary/aromatic N) is 2. The number of hydrogen-bond acceptors (Lipinski definition) is 6. The third-order valence-electron chi connectivity index (χ3n) is 5.18. The van der Waals surface area contributed by atoms with E-state index >= 15 is 0 Å². The predicted octanol–water partition coefficient (Wildman–Crippen LogP) is 4.35. The molecule has 0 spiro atoms. The minimum Gasteiger partial charge on any atom is -0.505 e. The van der Waals surface area contributed by atoms with Gasteiger partial charge in [0.25, 0.3) is 10.0 Å². The maximum absolute atomic E-state index is 13.5. The number of halogens is 2. The van der Waals surface area contributed by atoms with Crippen LogP contribution >= 0.6 is 11.6 Å². The second kappa shape index (κ2) is 8.74. The third-order valence-corrected chi connectivity index (χ3v) is 7.28. The SMILES string of the molecule is N#Cc1cccc(C(O)=C2C(=O)c3ccccc3S(=O)(=O)N2CC(=O)c2ccc(F)c(Cl)c2)c1. The minimum atomic E-state index is -4.45. The van der Waals surface area contributed by atoms with Crippen LogP contribution in [0.1, 0.15) is 31.8 Å². The highest BCUT2D eigenvalue weighted by Crippen LogP contribution is 2.35. The summed E-state index contributed by atoms with van der Waals surface area (Å²) in [6, 6.07) is 16.0. The van der Waals surface area contributed by atoms with Gasteiger partial charge in [-0.2, -0.15) is 5.26 Å². The molecule has 3 aromatic rings. The zero-order valence-corrected chi connectivity index (χ0v) is 18.8. The lowest BCUT2D eigenvalue weighted by molar-refractivity contribution is 0.0952. The monoisotopic (exact) mass is 496 g/mol. The van der Waals surface area contributed by atoms with Crippen LogP contribution in [0.25, 0.3) is 5.76 Å². The van der Waals surface area contributed by atoms with Crippen LogP contribution in [0.5, 0.6) is 0 Å². The molecule has 4 rings (SSSR count). The van der Waals surface area contributed by atoms with E-state index in [4.69, 9.17) is 16.9 Å². The first-order chi connectivity index (χ1) is 16.1. The molecule has 1 aliphatic rings. The van der Waals surface area contributed by atoms with E-state index in [0.29, 0.717) is 4.31 Å². The second-order valence-electron chi connectivity index (χ2n) is 7.28. The number of fused-ring (bicyclic) bond motifs is 1. The lowest BCUT2D eigenvalue weighted by Gasteiger charge is -2.31. The summed E-state index contributed by atoms with van der Waals surface area (Å²) in [7, 11) is -4.45. The Bertz CT molecular complexity index is 1540. The van der Waals surface area contributed by atoms with Gasteiger partial charge in [-0.05, 0) is 42.5 Å². The first kappa shape index (κ1) is 23.2. The summed E-state index contributed by atoms with van der Waals surface area (Å²) in [6.07, 6.45) is 0. The Balaban J connectivity index is 1.91. The van der Waals surface area contributed by atoms with E-state index in [0.717, 1.165) is 18.2 Å². The normalized spacial score (nSPS) is 15.9. The fraction of sp³-hybridized carbons (Fsp3) is 0.0417.